The van der Waals surface area contributed by atoms with E-state index < -0.39 is 16.0 Å². The zero-order valence-electron chi connectivity index (χ0n) is 22.0. The van der Waals surface area contributed by atoms with Gasteiger partial charge >= 0.3 is 10.1 Å². The highest BCUT2D eigenvalue weighted by molar-refractivity contribution is 14.1. The molecule has 9 nitrogen and oxygen atoms in total. The summed E-state index contributed by atoms with van der Waals surface area (Å²) in [5, 5.41) is 5.12. The zero-order valence-corrected chi connectivity index (χ0v) is 25.0. The first-order chi connectivity index (χ1) is 19.7. The highest BCUT2D eigenvalue weighted by Gasteiger charge is 2.22. The number of hydrazone groups is 1. The summed E-state index contributed by atoms with van der Waals surface area (Å²) in [5.74, 6) is -0.163. The molecule has 1 amide bonds. The van der Waals surface area contributed by atoms with Gasteiger partial charge in [0.1, 0.15) is 11.4 Å². The first kappa shape index (κ1) is 28.3. The smallest absolute Gasteiger partial charge is 0.339 e. The largest absolute Gasteiger partial charge is 0.493 e. The molecule has 4 aromatic carbocycles. The topological polar surface area (TPSA) is 116 Å². The Kier molecular flexibility index (Phi) is 8.08. The normalized spacial score (nSPS) is 11.7. The van der Waals surface area contributed by atoms with Gasteiger partial charge in [-0.05, 0) is 83.6 Å². The lowest BCUT2D eigenvalue weighted by molar-refractivity contribution is -0.121. The van der Waals surface area contributed by atoms with E-state index in [0.29, 0.717) is 30.9 Å². The van der Waals surface area contributed by atoms with Crippen LogP contribution in [0, 0.1) is 10.5 Å². The average Bonchev–Trinajstić information content (AvgIpc) is 2.96. The quantitative estimate of drug-likeness (QED) is 0.0812. The maximum Gasteiger partial charge on any atom is 0.339 e. The molecular weight excluding hydrogens is 657 g/mol. The molecule has 1 N–H and O–H groups in total. The molecule has 0 atom stereocenters. The van der Waals surface area contributed by atoms with Crippen molar-refractivity contribution in [3.05, 3.63) is 110 Å². The Balaban J connectivity index is 1.36. The number of hydrogen-bond donors (Lipinski definition) is 1. The van der Waals surface area contributed by atoms with Gasteiger partial charge in [0.05, 0.1) is 27.9 Å². The number of fused-ring (bicyclic) bond motifs is 2. The molecule has 1 heterocycles. The number of para-hydroxylation sites is 2. The van der Waals surface area contributed by atoms with Gasteiger partial charge in [-0.1, -0.05) is 42.0 Å². The SMILES string of the molecule is COc1cc(/C=N\NC(=O)Cn2c3ccccc3c(=O)c3ccccc32)cc(I)c1OS(=O)(=O)c1ccc(C)cc1. The molecule has 0 aliphatic carbocycles. The predicted octanol–water partition coefficient (Wildman–Crippen LogP) is 4.99. The van der Waals surface area contributed by atoms with Crippen molar-refractivity contribution in [2.75, 3.05) is 7.11 Å². The number of pyridine rings is 1. The van der Waals surface area contributed by atoms with Gasteiger partial charge in [-0.2, -0.15) is 13.5 Å². The molecule has 1 aromatic heterocycles. The van der Waals surface area contributed by atoms with Crippen LogP contribution in [0.15, 0.2) is 99.7 Å². The van der Waals surface area contributed by atoms with Crippen LogP contribution in [0.25, 0.3) is 21.8 Å². The molecule has 208 valence electrons. The van der Waals surface area contributed by atoms with E-state index in [1.807, 2.05) is 41.6 Å². The Labute approximate surface area is 249 Å². The van der Waals surface area contributed by atoms with E-state index in [4.69, 9.17) is 8.92 Å². The van der Waals surface area contributed by atoms with Gasteiger partial charge in [-0.15, -0.1) is 0 Å². The fourth-order valence-electron chi connectivity index (χ4n) is 4.36. The van der Waals surface area contributed by atoms with E-state index in [2.05, 4.69) is 10.5 Å². The molecule has 5 rings (SSSR count). The molecular formula is C30H24IN3O6S. The van der Waals surface area contributed by atoms with Crippen LogP contribution in [0.3, 0.4) is 0 Å². The second-order valence-electron chi connectivity index (χ2n) is 9.13. The molecule has 0 unspecified atom stereocenters. The van der Waals surface area contributed by atoms with Crippen molar-refractivity contribution in [1.82, 2.24) is 9.99 Å². The second kappa shape index (κ2) is 11.7. The number of methoxy groups -OCH3 is 1. The van der Waals surface area contributed by atoms with Crippen molar-refractivity contribution < 1.29 is 22.1 Å². The first-order valence-corrected chi connectivity index (χ1v) is 14.9. The highest BCUT2D eigenvalue weighted by atomic mass is 127. The van der Waals surface area contributed by atoms with Crippen LogP contribution in [0.1, 0.15) is 11.1 Å². The summed E-state index contributed by atoms with van der Waals surface area (Å²) in [6.45, 7) is 1.79. The number of hydrogen-bond acceptors (Lipinski definition) is 7. The van der Waals surface area contributed by atoms with Gasteiger partial charge in [0.15, 0.2) is 16.9 Å². The highest BCUT2D eigenvalue weighted by Crippen LogP contribution is 2.35. The Bertz CT molecular complexity index is 1930. The van der Waals surface area contributed by atoms with Gasteiger partial charge in [-0.3, -0.25) is 9.59 Å². The minimum atomic E-state index is -4.09. The molecule has 41 heavy (non-hydrogen) atoms. The maximum absolute atomic E-state index is 12.9. The molecule has 0 bridgehead atoms. The molecule has 0 saturated carbocycles. The van der Waals surface area contributed by atoms with Crippen LogP contribution in [0.2, 0.25) is 0 Å². The number of aryl methyl sites for hydroxylation is 1. The molecule has 5 aromatic rings. The summed E-state index contributed by atoms with van der Waals surface area (Å²) < 4.78 is 38.7. The predicted molar refractivity (Wildman–Crippen MR) is 166 cm³/mol. The number of nitrogens with zero attached hydrogens (tertiary/aromatic N) is 2. The minimum Gasteiger partial charge on any atom is -0.493 e. The lowest BCUT2D eigenvalue weighted by Crippen LogP contribution is -2.25. The van der Waals surface area contributed by atoms with Gasteiger partial charge in [0.25, 0.3) is 5.91 Å². The van der Waals surface area contributed by atoms with Crippen LogP contribution < -0.4 is 19.8 Å². The Morgan fingerprint density at radius 2 is 1.59 bits per heavy atom. The Hall–Kier alpha value is -4.23. The molecule has 0 saturated heterocycles. The van der Waals surface area contributed by atoms with Crippen LogP contribution in [0.5, 0.6) is 11.5 Å². The molecule has 0 aliphatic rings. The van der Waals surface area contributed by atoms with Crippen LogP contribution in [-0.2, 0) is 21.5 Å². The standard InChI is InChI=1S/C30H24IN3O6S/c1-19-11-13-21(14-12-19)41(37,38)40-30-24(31)15-20(16-27(30)39-2)17-32-33-28(35)18-34-25-9-5-3-7-22(25)29(36)23-8-4-6-10-26(23)34/h3-17H,18H2,1-2H3,(H,33,35)/b32-17-. The van der Waals surface area contributed by atoms with Gasteiger partial charge in [0.2, 0.25) is 0 Å². The third kappa shape index (κ3) is 5.95. The van der Waals surface area contributed by atoms with E-state index in [9.17, 15) is 18.0 Å². The number of halogens is 1. The summed E-state index contributed by atoms with van der Waals surface area (Å²) >= 11 is 1.95. The zero-order chi connectivity index (χ0) is 29.1. The number of carbonyl (C=O) groups is 1. The first-order valence-electron chi connectivity index (χ1n) is 12.4. The second-order valence-corrected chi connectivity index (χ2v) is 11.8. The molecule has 0 fully saturated rings. The third-order valence-corrected chi connectivity index (χ3v) is 8.37. The van der Waals surface area contributed by atoms with Crippen LogP contribution >= 0.6 is 22.6 Å². The number of benzene rings is 4. The summed E-state index contributed by atoms with van der Waals surface area (Å²) in [5.41, 5.74) is 5.19. The van der Waals surface area contributed by atoms with Gasteiger partial charge < -0.3 is 13.5 Å². The van der Waals surface area contributed by atoms with Crippen molar-refractivity contribution in [3.63, 3.8) is 0 Å². The number of aromatic nitrogens is 1. The van der Waals surface area contributed by atoms with Crippen molar-refractivity contribution in [3.8, 4) is 11.5 Å². The van der Waals surface area contributed by atoms with Crippen molar-refractivity contribution in [2.24, 2.45) is 5.10 Å². The van der Waals surface area contributed by atoms with Gasteiger partial charge in [-0.25, -0.2) is 5.43 Å². The maximum atomic E-state index is 12.9. The number of rotatable bonds is 8. The summed E-state index contributed by atoms with van der Waals surface area (Å²) in [7, 11) is -2.69. The summed E-state index contributed by atoms with van der Waals surface area (Å²) in [6, 6.07) is 23.8. The third-order valence-electron chi connectivity index (χ3n) is 6.34. The van der Waals surface area contributed by atoms with E-state index in [1.54, 1.807) is 65.2 Å². The average molecular weight is 682 g/mol. The van der Waals surface area contributed by atoms with Crippen LogP contribution in [-0.4, -0.2) is 32.2 Å². The van der Waals surface area contributed by atoms with Crippen molar-refractivity contribution >= 4 is 66.6 Å². The van der Waals surface area contributed by atoms with E-state index in [1.165, 1.54) is 25.5 Å². The van der Waals surface area contributed by atoms with Crippen molar-refractivity contribution in [2.45, 2.75) is 18.4 Å². The number of carbonyl (C=O) groups excluding carboxylic acids is 1. The van der Waals surface area contributed by atoms with Crippen molar-refractivity contribution in [1.29, 1.82) is 0 Å². The number of nitrogens with one attached hydrogen (secondary N) is 1. The fraction of sp³-hybridized carbons (Fsp3) is 0.100. The van der Waals surface area contributed by atoms with E-state index in [-0.39, 0.29) is 28.4 Å². The minimum absolute atomic E-state index is 0.0256. The van der Waals surface area contributed by atoms with E-state index >= 15 is 0 Å². The monoisotopic (exact) mass is 681 g/mol. The Morgan fingerprint density at radius 1 is 0.976 bits per heavy atom. The lowest BCUT2D eigenvalue weighted by atomic mass is 10.1. The van der Waals surface area contributed by atoms with E-state index in [0.717, 1.165) is 5.56 Å². The van der Waals surface area contributed by atoms with Crippen LogP contribution in [0.4, 0.5) is 0 Å². The summed E-state index contributed by atoms with van der Waals surface area (Å²) in [6.07, 6.45) is 1.42. The summed E-state index contributed by atoms with van der Waals surface area (Å²) in [4.78, 5) is 25.8. The molecule has 0 spiro atoms. The fourth-order valence-corrected chi connectivity index (χ4v) is 6.20. The molecule has 0 aliphatic heterocycles. The Morgan fingerprint density at radius 3 is 2.20 bits per heavy atom. The lowest BCUT2D eigenvalue weighted by Gasteiger charge is -2.14. The van der Waals surface area contributed by atoms with Gasteiger partial charge in [0, 0.05) is 10.8 Å². The molecule has 11 heteroatoms. The number of ether oxygens (including phenoxy) is 1. The molecule has 0 radical (unpaired) electrons. The number of amides is 1.